The average Bonchev–Trinajstić information content (AvgIpc) is 3.07. The zero-order valence-electron chi connectivity index (χ0n) is 16.5. The predicted molar refractivity (Wildman–Crippen MR) is 113 cm³/mol. The number of benzene rings is 2. The lowest BCUT2D eigenvalue weighted by atomic mass is 9.78. The molecular formula is C20H18BFN6O3. The van der Waals surface area contributed by atoms with Gasteiger partial charge in [0.15, 0.2) is 0 Å². The highest BCUT2D eigenvalue weighted by Gasteiger charge is 2.20. The summed E-state index contributed by atoms with van der Waals surface area (Å²) in [6.45, 7) is 2.01. The van der Waals surface area contributed by atoms with Crippen molar-refractivity contribution in [3.63, 3.8) is 0 Å². The SMILES string of the molecule is Cc1cc2c(B(O)O)cccc2n1-c1nc(NCc2cccc(F)c2)nc(C(N)=O)n1. The fourth-order valence-corrected chi connectivity index (χ4v) is 3.36. The van der Waals surface area contributed by atoms with E-state index in [0.29, 0.717) is 27.6 Å². The van der Waals surface area contributed by atoms with Gasteiger partial charge >= 0.3 is 7.12 Å². The van der Waals surface area contributed by atoms with Gasteiger partial charge in [-0.2, -0.15) is 15.0 Å². The number of aromatic nitrogens is 4. The number of fused-ring (bicyclic) bond motifs is 1. The zero-order valence-corrected chi connectivity index (χ0v) is 16.5. The van der Waals surface area contributed by atoms with E-state index in [4.69, 9.17) is 5.73 Å². The Labute approximate surface area is 176 Å². The van der Waals surface area contributed by atoms with Crippen molar-refractivity contribution in [1.29, 1.82) is 0 Å². The minimum absolute atomic E-state index is 0.0858. The third-order valence-corrected chi connectivity index (χ3v) is 4.73. The highest BCUT2D eigenvalue weighted by molar-refractivity contribution is 6.61. The summed E-state index contributed by atoms with van der Waals surface area (Å²) in [4.78, 5) is 24.4. The molecule has 11 heteroatoms. The van der Waals surface area contributed by atoms with Gasteiger partial charge in [0.25, 0.3) is 5.91 Å². The van der Waals surface area contributed by atoms with Crippen LogP contribution in [0.1, 0.15) is 21.9 Å². The molecular weight excluding hydrogens is 402 g/mol. The van der Waals surface area contributed by atoms with Crippen molar-refractivity contribution in [2.45, 2.75) is 13.5 Å². The first-order valence-electron chi connectivity index (χ1n) is 9.35. The van der Waals surface area contributed by atoms with E-state index in [2.05, 4.69) is 20.3 Å². The molecule has 2 heterocycles. The van der Waals surface area contributed by atoms with Crippen LogP contribution in [-0.4, -0.2) is 42.6 Å². The molecule has 0 saturated heterocycles. The molecule has 0 unspecified atom stereocenters. The Morgan fingerprint density at radius 1 is 1.16 bits per heavy atom. The number of primary amides is 1. The molecule has 4 rings (SSSR count). The Hall–Kier alpha value is -3.83. The Kier molecular flexibility index (Phi) is 5.36. The van der Waals surface area contributed by atoms with Gasteiger partial charge in [-0.25, -0.2) is 4.39 Å². The standard InChI is InChI=1S/C20H18BFN6O3/c1-11-8-14-15(21(30)31)6-3-7-16(14)28(11)20-26-18(17(23)29)25-19(27-20)24-10-12-4-2-5-13(22)9-12/h2-9,30-31H,10H2,1H3,(H2,23,29)(H,24,25,26,27). The normalized spacial score (nSPS) is 11.0. The number of carbonyl (C=O) groups is 1. The lowest BCUT2D eigenvalue weighted by molar-refractivity contribution is 0.0990. The molecule has 0 aliphatic rings. The number of halogens is 1. The van der Waals surface area contributed by atoms with Gasteiger partial charge in [-0.3, -0.25) is 9.36 Å². The van der Waals surface area contributed by atoms with Gasteiger partial charge in [0.05, 0.1) is 5.52 Å². The first-order valence-corrected chi connectivity index (χ1v) is 9.35. The second kappa shape index (κ2) is 8.13. The molecule has 1 amide bonds. The molecule has 0 aliphatic carbocycles. The van der Waals surface area contributed by atoms with Crippen LogP contribution in [0.3, 0.4) is 0 Å². The van der Waals surface area contributed by atoms with Crippen LogP contribution < -0.4 is 16.5 Å². The van der Waals surface area contributed by atoms with Crippen molar-refractivity contribution < 1.29 is 19.2 Å². The van der Waals surface area contributed by atoms with Crippen molar-refractivity contribution in [1.82, 2.24) is 19.5 Å². The van der Waals surface area contributed by atoms with Crippen molar-refractivity contribution in [3.05, 3.63) is 71.4 Å². The number of anilines is 1. The molecule has 0 fully saturated rings. The third-order valence-electron chi connectivity index (χ3n) is 4.73. The second-order valence-corrected chi connectivity index (χ2v) is 6.91. The second-order valence-electron chi connectivity index (χ2n) is 6.91. The van der Waals surface area contributed by atoms with Crippen LogP contribution in [0.25, 0.3) is 16.9 Å². The number of rotatable bonds is 6. The molecule has 0 radical (unpaired) electrons. The number of nitrogens with zero attached hydrogens (tertiary/aromatic N) is 4. The van der Waals surface area contributed by atoms with E-state index < -0.39 is 13.0 Å². The molecule has 31 heavy (non-hydrogen) atoms. The number of aryl methyl sites for hydroxylation is 1. The topological polar surface area (TPSA) is 139 Å². The van der Waals surface area contributed by atoms with Crippen LogP contribution in [0.4, 0.5) is 10.3 Å². The number of hydrogen-bond acceptors (Lipinski definition) is 7. The molecule has 2 aromatic heterocycles. The van der Waals surface area contributed by atoms with E-state index in [1.807, 2.05) is 0 Å². The van der Waals surface area contributed by atoms with Gasteiger partial charge in [-0.1, -0.05) is 24.3 Å². The lowest BCUT2D eigenvalue weighted by Crippen LogP contribution is -2.30. The monoisotopic (exact) mass is 420 g/mol. The van der Waals surface area contributed by atoms with Crippen LogP contribution in [0.2, 0.25) is 0 Å². The van der Waals surface area contributed by atoms with Gasteiger partial charge in [-0.05, 0) is 42.2 Å². The summed E-state index contributed by atoms with van der Waals surface area (Å²) in [6, 6.07) is 12.8. The van der Waals surface area contributed by atoms with E-state index in [9.17, 15) is 19.2 Å². The van der Waals surface area contributed by atoms with Crippen LogP contribution in [0, 0.1) is 12.7 Å². The highest BCUT2D eigenvalue weighted by Crippen LogP contribution is 2.22. The summed E-state index contributed by atoms with van der Waals surface area (Å²) < 4.78 is 15.1. The molecule has 2 aromatic carbocycles. The molecule has 0 saturated carbocycles. The number of nitrogens with two attached hydrogens (primary N) is 1. The minimum Gasteiger partial charge on any atom is -0.423 e. The van der Waals surface area contributed by atoms with Gasteiger partial charge in [0.1, 0.15) is 5.82 Å². The van der Waals surface area contributed by atoms with Crippen LogP contribution in [-0.2, 0) is 6.54 Å². The maximum absolute atomic E-state index is 13.4. The highest BCUT2D eigenvalue weighted by atomic mass is 19.1. The summed E-state index contributed by atoms with van der Waals surface area (Å²) in [5.41, 5.74) is 7.70. The molecule has 9 nitrogen and oxygen atoms in total. The largest absolute Gasteiger partial charge is 0.489 e. The molecule has 0 atom stereocenters. The van der Waals surface area contributed by atoms with Crippen LogP contribution in [0.5, 0.6) is 0 Å². The third kappa shape index (κ3) is 4.09. The summed E-state index contributed by atoms with van der Waals surface area (Å²) in [6.07, 6.45) is 0. The Morgan fingerprint density at radius 2 is 1.94 bits per heavy atom. The van der Waals surface area contributed by atoms with Crippen molar-refractivity contribution in [2.24, 2.45) is 5.73 Å². The number of carbonyl (C=O) groups excluding carboxylic acids is 1. The maximum atomic E-state index is 13.4. The Bertz CT molecular complexity index is 1290. The number of nitrogens with one attached hydrogen (secondary N) is 1. The Balaban J connectivity index is 1.79. The minimum atomic E-state index is -1.65. The molecule has 0 bridgehead atoms. The van der Waals surface area contributed by atoms with E-state index in [-0.39, 0.29) is 30.1 Å². The first-order chi connectivity index (χ1) is 14.8. The van der Waals surface area contributed by atoms with E-state index >= 15 is 0 Å². The number of amides is 1. The first kappa shape index (κ1) is 20.4. The van der Waals surface area contributed by atoms with Crippen LogP contribution in [0.15, 0.2) is 48.5 Å². The summed E-state index contributed by atoms with van der Waals surface area (Å²) in [7, 11) is -1.65. The van der Waals surface area contributed by atoms with Gasteiger partial charge in [0, 0.05) is 17.6 Å². The van der Waals surface area contributed by atoms with E-state index in [0.717, 1.165) is 0 Å². The molecule has 0 spiro atoms. The lowest BCUT2D eigenvalue weighted by Gasteiger charge is -2.11. The molecule has 0 aliphatic heterocycles. The Morgan fingerprint density at radius 3 is 2.65 bits per heavy atom. The summed E-state index contributed by atoms with van der Waals surface area (Å²) >= 11 is 0. The quantitative estimate of drug-likeness (QED) is 0.336. The van der Waals surface area contributed by atoms with Gasteiger partial charge < -0.3 is 21.1 Å². The molecule has 4 aromatic rings. The summed E-state index contributed by atoms with van der Waals surface area (Å²) in [5.74, 6) is -1.24. The van der Waals surface area contributed by atoms with E-state index in [1.54, 1.807) is 47.9 Å². The van der Waals surface area contributed by atoms with E-state index in [1.165, 1.54) is 12.1 Å². The number of hydrogen-bond donors (Lipinski definition) is 4. The van der Waals surface area contributed by atoms with Crippen LogP contribution >= 0.6 is 0 Å². The average molecular weight is 420 g/mol. The fraction of sp³-hybridized carbons (Fsp3) is 0.100. The predicted octanol–water partition coefficient (Wildman–Crippen LogP) is 0.654. The fourth-order valence-electron chi connectivity index (χ4n) is 3.36. The zero-order chi connectivity index (χ0) is 22.1. The van der Waals surface area contributed by atoms with Gasteiger partial charge in [0.2, 0.25) is 17.7 Å². The van der Waals surface area contributed by atoms with Gasteiger partial charge in [-0.15, -0.1) is 0 Å². The van der Waals surface area contributed by atoms with Crippen molar-refractivity contribution >= 4 is 35.3 Å². The van der Waals surface area contributed by atoms with Crippen molar-refractivity contribution in [3.8, 4) is 5.95 Å². The maximum Gasteiger partial charge on any atom is 0.489 e. The molecule has 5 N–H and O–H groups in total. The summed E-state index contributed by atoms with van der Waals surface area (Å²) in [5, 5.41) is 22.9. The van der Waals surface area contributed by atoms with Crippen molar-refractivity contribution in [2.75, 3.05) is 5.32 Å². The smallest absolute Gasteiger partial charge is 0.423 e. The molecule has 156 valence electrons.